The minimum absolute atomic E-state index is 0.0223. The molecule has 1 aliphatic heterocycles. The van der Waals surface area contributed by atoms with Crippen molar-refractivity contribution in [1.29, 1.82) is 0 Å². The van der Waals surface area contributed by atoms with Crippen LogP contribution in [0, 0.1) is 0 Å². The summed E-state index contributed by atoms with van der Waals surface area (Å²) in [4.78, 5) is 11.8. The number of carbonyl (C=O) groups is 1. The maximum Gasteiger partial charge on any atom is 0.250 e. The zero-order valence-corrected chi connectivity index (χ0v) is 13.1. The molecule has 1 atom stereocenters. The quantitative estimate of drug-likeness (QED) is 0.874. The predicted molar refractivity (Wildman–Crippen MR) is 82.7 cm³/mol. The smallest absolute Gasteiger partial charge is 0.250 e. The Morgan fingerprint density at radius 3 is 3.00 bits per heavy atom. The lowest BCUT2D eigenvalue weighted by atomic mass is 10.1. The summed E-state index contributed by atoms with van der Waals surface area (Å²) in [5.41, 5.74) is 0.385. The Labute approximate surface area is 130 Å². The van der Waals surface area contributed by atoms with Gasteiger partial charge >= 0.3 is 0 Å². The Balaban J connectivity index is 1.71. The first-order valence-electron chi connectivity index (χ1n) is 6.97. The number of benzene rings is 1. The van der Waals surface area contributed by atoms with Crippen LogP contribution in [0.3, 0.4) is 0 Å². The van der Waals surface area contributed by atoms with E-state index in [1.54, 1.807) is 12.1 Å². The molecule has 2 N–H and O–H groups in total. The summed E-state index contributed by atoms with van der Waals surface area (Å²) in [6, 6.07) is 7.09. The third-order valence-electron chi connectivity index (χ3n) is 3.09. The maximum absolute atomic E-state index is 11.8. The predicted octanol–water partition coefficient (Wildman–Crippen LogP) is 2.06. The fourth-order valence-corrected chi connectivity index (χ4v) is 2.38. The molecule has 1 saturated heterocycles. The number of hydrogen-bond acceptors (Lipinski definition) is 4. The van der Waals surface area contributed by atoms with Gasteiger partial charge in [0.25, 0.3) is 0 Å². The Morgan fingerprint density at radius 2 is 2.29 bits per heavy atom. The summed E-state index contributed by atoms with van der Waals surface area (Å²) < 4.78 is 11.3. The van der Waals surface area contributed by atoms with Gasteiger partial charge in [-0.15, -0.1) is 0 Å². The normalized spacial score (nSPS) is 21.0. The highest BCUT2D eigenvalue weighted by atomic mass is 35.5. The molecule has 6 heteroatoms. The van der Waals surface area contributed by atoms with E-state index in [0.717, 1.165) is 13.1 Å². The second kappa shape index (κ2) is 7.22. The molecule has 0 radical (unpaired) electrons. The molecule has 1 amide bonds. The molecule has 0 saturated carbocycles. The third kappa shape index (κ3) is 5.28. The number of rotatable bonds is 5. The molecule has 1 aliphatic rings. The van der Waals surface area contributed by atoms with E-state index >= 15 is 0 Å². The molecule has 1 heterocycles. The SMILES string of the molecule is CC1(C)CNCC(COCC(=O)Nc2ccccc2Cl)O1. The number of morpholine rings is 1. The molecule has 21 heavy (non-hydrogen) atoms. The summed E-state index contributed by atoms with van der Waals surface area (Å²) in [5.74, 6) is -0.230. The van der Waals surface area contributed by atoms with Gasteiger partial charge in [-0.3, -0.25) is 4.79 Å². The van der Waals surface area contributed by atoms with Crippen molar-refractivity contribution in [2.45, 2.75) is 25.6 Å². The van der Waals surface area contributed by atoms with E-state index < -0.39 is 0 Å². The zero-order chi connectivity index (χ0) is 15.3. The lowest BCUT2D eigenvalue weighted by Gasteiger charge is -2.36. The van der Waals surface area contributed by atoms with Crippen LogP contribution in [0.15, 0.2) is 24.3 Å². The van der Waals surface area contributed by atoms with Gasteiger partial charge in [0.1, 0.15) is 6.61 Å². The molecule has 0 aromatic heterocycles. The largest absolute Gasteiger partial charge is 0.369 e. The minimum atomic E-state index is -0.230. The molecule has 1 aromatic carbocycles. The summed E-state index contributed by atoms with van der Waals surface area (Å²) in [6.45, 7) is 5.95. The zero-order valence-electron chi connectivity index (χ0n) is 12.3. The van der Waals surface area contributed by atoms with Gasteiger partial charge in [0.2, 0.25) is 5.91 Å². The van der Waals surface area contributed by atoms with Crippen molar-refractivity contribution in [3.63, 3.8) is 0 Å². The molecule has 5 nitrogen and oxygen atoms in total. The molecule has 0 spiro atoms. The number of nitrogens with one attached hydrogen (secondary N) is 2. The minimum Gasteiger partial charge on any atom is -0.369 e. The standard InChI is InChI=1S/C15H21ClN2O3/c1-15(2)10-17-7-11(21-15)8-20-9-14(19)18-13-6-4-3-5-12(13)16/h3-6,11,17H,7-10H2,1-2H3,(H,18,19). The molecule has 2 rings (SSSR count). The van der Waals surface area contributed by atoms with Crippen molar-refractivity contribution in [3.05, 3.63) is 29.3 Å². The molecule has 1 unspecified atom stereocenters. The fourth-order valence-electron chi connectivity index (χ4n) is 2.19. The maximum atomic E-state index is 11.8. The Kier molecular flexibility index (Phi) is 5.58. The average Bonchev–Trinajstić information content (AvgIpc) is 2.40. The van der Waals surface area contributed by atoms with Crippen LogP contribution in [-0.4, -0.2) is 43.9 Å². The third-order valence-corrected chi connectivity index (χ3v) is 3.42. The highest BCUT2D eigenvalue weighted by Crippen LogP contribution is 2.20. The number of halogens is 1. The Bertz CT molecular complexity index is 494. The van der Waals surface area contributed by atoms with E-state index in [0.29, 0.717) is 17.3 Å². The number of anilines is 1. The first kappa shape index (κ1) is 16.2. The summed E-state index contributed by atoms with van der Waals surface area (Å²) in [7, 11) is 0. The summed E-state index contributed by atoms with van der Waals surface area (Å²) in [6.07, 6.45) is -0.0399. The van der Waals surface area contributed by atoms with Crippen LogP contribution in [0.2, 0.25) is 5.02 Å². The van der Waals surface area contributed by atoms with Gasteiger partial charge in [-0.25, -0.2) is 0 Å². The van der Waals surface area contributed by atoms with Gasteiger partial charge in [-0.1, -0.05) is 23.7 Å². The van der Waals surface area contributed by atoms with Crippen molar-refractivity contribution in [3.8, 4) is 0 Å². The molecule has 0 aliphatic carbocycles. The lowest BCUT2D eigenvalue weighted by molar-refractivity contribution is -0.132. The van der Waals surface area contributed by atoms with Crippen molar-refractivity contribution < 1.29 is 14.3 Å². The monoisotopic (exact) mass is 312 g/mol. The number of carbonyl (C=O) groups excluding carboxylic acids is 1. The second-order valence-electron chi connectivity index (χ2n) is 5.67. The van der Waals surface area contributed by atoms with Crippen LogP contribution in [0.1, 0.15) is 13.8 Å². The first-order valence-corrected chi connectivity index (χ1v) is 7.35. The van der Waals surface area contributed by atoms with Gasteiger partial charge < -0.3 is 20.1 Å². The first-order chi connectivity index (χ1) is 9.96. The van der Waals surface area contributed by atoms with Crippen molar-refractivity contribution in [2.75, 3.05) is 31.6 Å². The number of amides is 1. The van der Waals surface area contributed by atoms with Crippen molar-refractivity contribution in [1.82, 2.24) is 5.32 Å². The van der Waals surface area contributed by atoms with Crippen LogP contribution in [0.4, 0.5) is 5.69 Å². The van der Waals surface area contributed by atoms with Crippen LogP contribution < -0.4 is 10.6 Å². The van der Waals surface area contributed by atoms with E-state index in [2.05, 4.69) is 10.6 Å². The molecule has 0 bridgehead atoms. The average molecular weight is 313 g/mol. The van der Waals surface area contributed by atoms with Gasteiger partial charge in [-0.2, -0.15) is 0 Å². The molecular weight excluding hydrogens is 292 g/mol. The van der Waals surface area contributed by atoms with E-state index in [1.807, 2.05) is 26.0 Å². The highest BCUT2D eigenvalue weighted by Gasteiger charge is 2.28. The molecule has 1 fully saturated rings. The molecule has 1 aromatic rings. The second-order valence-corrected chi connectivity index (χ2v) is 6.08. The number of ether oxygens (including phenoxy) is 2. The van der Waals surface area contributed by atoms with E-state index in [9.17, 15) is 4.79 Å². The highest BCUT2D eigenvalue weighted by molar-refractivity contribution is 6.33. The van der Waals surface area contributed by atoms with Crippen molar-refractivity contribution in [2.24, 2.45) is 0 Å². The summed E-state index contributed by atoms with van der Waals surface area (Å²) >= 11 is 5.97. The fraction of sp³-hybridized carbons (Fsp3) is 0.533. The topological polar surface area (TPSA) is 59.6 Å². The van der Waals surface area contributed by atoms with Crippen molar-refractivity contribution >= 4 is 23.2 Å². The van der Waals surface area contributed by atoms with Gasteiger partial charge in [0.15, 0.2) is 0 Å². The van der Waals surface area contributed by atoms with Crippen LogP contribution >= 0.6 is 11.6 Å². The van der Waals surface area contributed by atoms with E-state index in [-0.39, 0.29) is 24.2 Å². The van der Waals surface area contributed by atoms with Gasteiger partial charge in [-0.05, 0) is 26.0 Å². The number of para-hydroxylation sites is 1. The number of hydrogen-bond donors (Lipinski definition) is 2. The molecular formula is C15H21ClN2O3. The Morgan fingerprint density at radius 1 is 1.52 bits per heavy atom. The van der Waals surface area contributed by atoms with Crippen LogP contribution in [0.25, 0.3) is 0 Å². The van der Waals surface area contributed by atoms with Gasteiger partial charge in [0, 0.05) is 13.1 Å². The molecule has 116 valence electrons. The van der Waals surface area contributed by atoms with Crippen LogP contribution in [-0.2, 0) is 14.3 Å². The Hall–Kier alpha value is -1.14. The van der Waals surface area contributed by atoms with E-state index in [4.69, 9.17) is 21.1 Å². The van der Waals surface area contributed by atoms with Gasteiger partial charge in [0.05, 0.1) is 29.0 Å². The summed E-state index contributed by atoms with van der Waals surface area (Å²) in [5, 5.41) is 6.51. The van der Waals surface area contributed by atoms with Crippen LogP contribution in [0.5, 0.6) is 0 Å². The lowest BCUT2D eigenvalue weighted by Crippen LogP contribution is -2.52. The van der Waals surface area contributed by atoms with E-state index in [1.165, 1.54) is 0 Å².